The van der Waals surface area contributed by atoms with Gasteiger partial charge in [-0.05, 0) is 38.5 Å². The summed E-state index contributed by atoms with van der Waals surface area (Å²) in [5.74, 6) is -3.32. The summed E-state index contributed by atoms with van der Waals surface area (Å²) in [7, 11) is 1.60. The number of carbonyl (C=O) groups excluding carboxylic acids is 3. The summed E-state index contributed by atoms with van der Waals surface area (Å²) in [6.07, 6.45) is 0.222. The van der Waals surface area contributed by atoms with E-state index in [0.717, 1.165) is 23.5 Å². The van der Waals surface area contributed by atoms with Crippen molar-refractivity contribution in [3.8, 4) is 0 Å². The minimum absolute atomic E-state index is 0.0215. The highest BCUT2D eigenvalue weighted by Crippen LogP contribution is 2.16. The Labute approximate surface area is 179 Å². The van der Waals surface area contributed by atoms with Crippen LogP contribution in [-0.2, 0) is 20.8 Å². The predicted molar refractivity (Wildman–Crippen MR) is 109 cm³/mol. The quantitative estimate of drug-likeness (QED) is 0.333. The number of aromatic nitrogens is 1. The molecule has 1 aromatic heterocycles. The van der Waals surface area contributed by atoms with Crippen LogP contribution in [0.2, 0.25) is 0 Å². The van der Waals surface area contributed by atoms with E-state index in [1.54, 1.807) is 13.2 Å². The Hall–Kier alpha value is -3.07. The lowest BCUT2D eigenvalue weighted by Crippen LogP contribution is -2.26. The number of hydrogen-bond donors (Lipinski definition) is 1. The zero-order chi connectivity index (χ0) is 23.0. The fraction of sp³-hybridized carbons (Fsp3) is 0.409. The smallest absolute Gasteiger partial charge is 0.306 e. The molecule has 0 aliphatic heterocycles. The molecule has 31 heavy (non-hydrogen) atoms. The number of amides is 1. The van der Waals surface area contributed by atoms with Gasteiger partial charge in [0.1, 0.15) is 11.6 Å². The van der Waals surface area contributed by atoms with Crippen molar-refractivity contribution in [2.75, 3.05) is 26.9 Å². The molecule has 1 aromatic carbocycles. The van der Waals surface area contributed by atoms with Crippen LogP contribution >= 0.6 is 0 Å². The number of methoxy groups -OCH3 is 1. The molecule has 0 fully saturated rings. The van der Waals surface area contributed by atoms with E-state index in [2.05, 4.69) is 5.32 Å². The molecule has 0 spiro atoms. The Balaban J connectivity index is 1.74. The number of ether oxygens (including phenoxy) is 2. The van der Waals surface area contributed by atoms with E-state index in [4.69, 9.17) is 9.47 Å². The van der Waals surface area contributed by atoms with Crippen molar-refractivity contribution in [1.82, 2.24) is 9.88 Å². The molecular formula is C22H26F2N2O5. The van der Waals surface area contributed by atoms with Crippen LogP contribution in [0, 0.1) is 25.5 Å². The van der Waals surface area contributed by atoms with Gasteiger partial charge in [0.05, 0.1) is 12.2 Å². The molecule has 1 N–H and O–H groups in total. The van der Waals surface area contributed by atoms with E-state index in [0.29, 0.717) is 24.8 Å². The number of Topliss-reactive ketones (excluding diaryl/α,β-unsaturated/α-hetero) is 1. The van der Waals surface area contributed by atoms with Gasteiger partial charge in [-0.15, -0.1) is 0 Å². The molecule has 7 nitrogen and oxygen atoms in total. The Morgan fingerprint density at radius 1 is 1.10 bits per heavy atom. The fourth-order valence-electron chi connectivity index (χ4n) is 3.11. The zero-order valence-electron chi connectivity index (χ0n) is 17.8. The second-order valence-corrected chi connectivity index (χ2v) is 7.00. The minimum Gasteiger partial charge on any atom is -0.457 e. The van der Waals surface area contributed by atoms with Gasteiger partial charge in [-0.1, -0.05) is 0 Å². The Kier molecular flexibility index (Phi) is 8.87. The van der Waals surface area contributed by atoms with Gasteiger partial charge in [-0.2, -0.15) is 0 Å². The third kappa shape index (κ3) is 6.71. The van der Waals surface area contributed by atoms with Crippen LogP contribution < -0.4 is 5.32 Å². The highest BCUT2D eigenvalue weighted by atomic mass is 19.1. The van der Waals surface area contributed by atoms with Crippen molar-refractivity contribution in [2.45, 2.75) is 33.2 Å². The lowest BCUT2D eigenvalue weighted by atomic mass is 10.1. The fourth-order valence-corrected chi connectivity index (χ4v) is 3.11. The van der Waals surface area contributed by atoms with Gasteiger partial charge in [-0.25, -0.2) is 8.78 Å². The van der Waals surface area contributed by atoms with Crippen molar-refractivity contribution < 1.29 is 32.6 Å². The van der Waals surface area contributed by atoms with Crippen molar-refractivity contribution in [3.05, 3.63) is 58.4 Å². The van der Waals surface area contributed by atoms with Crippen molar-refractivity contribution in [1.29, 1.82) is 0 Å². The summed E-state index contributed by atoms with van der Waals surface area (Å²) in [4.78, 5) is 36.1. The van der Waals surface area contributed by atoms with E-state index in [9.17, 15) is 23.2 Å². The number of rotatable bonds is 11. The monoisotopic (exact) mass is 436 g/mol. The summed E-state index contributed by atoms with van der Waals surface area (Å²) in [6.45, 7) is 4.57. The van der Waals surface area contributed by atoms with Gasteiger partial charge in [0, 0.05) is 49.6 Å². The topological polar surface area (TPSA) is 86.6 Å². The first-order chi connectivity index (χ1) is 14.7. The second-order valence-electron chi connectivity index (χ2n) is 7.00. The SMILES string of the molecule is COCCn1c(C)cc(C(=O)COC(=O)CCCNC(=O)c2ccc(F)cc2F)c1C. The van der Waals surface area contributed by atoms with Crippen LogP contribution in [0.3, 0.4) is 0 Å². The van der Waals surface area contributed by atoms with E-state index >= 15 is 0 Å². The maximum absolute atomic E-state index is 13.6. The summed E-state index contributed by atoms with van der Waals surface area (Å²) >= 11 is 0. The number of hydrogen-bond acceptors (Lipinski definition) is 5. The number of esters is 1. The molecule has 0 radical (unpaired) electrons. The predicted octanol–water partition coefficient (Wildman–Crippen LogP) is 2.97. The highest BCUT2D eigenvalue weighted by Gasteiger charge is 2.17. The molecule has 0 aliphatic rings. The first-order valence-corrected chi connectivity index (χ1v) is 9.82. The standard InChI is InChI=1S/C22H26F2N2O5/c1-14-11-18(15(2)26(14)9-10-30-3)20(27)13-31-21(28)5-4-8-25-22(29)17-7-6-16(23)12-19(17)24/h6-7,11-12H,4-5,8-10,13H2,1-3H3,(H,25,29). The summed E-state index contributed by atoms with van der Waals surface area (Å²) in [5, 5.41) is 2.45. The van der Waals surface area contributed by atoms with E-state index in [1.165, 1.54) is 0 Å². The lowest BCUT2D eigenvalue weighted by Gasteiger charge is -2.09. The number of nitrogens with one attached hydrogen (secondary N) is 1. The highest BCUT2D eigenvalue weighted by molar-refractivity contribution is 5.99. The molecule has 1 amide bonds. The number of ketones is 1. The van der Waals surface area contributed by atoms with Crippen LogP contribution in [-0.4, -0.2) is 49.1 Å². The van der Waals surface area contributed by atoms with Gasteiger partial charge >= 0.3 is 5.97 Å². The third-order valence-corrected chi connectivity index (χ3v) is 4.78. The molecule has 2 aromatic rings. The molecule has 0 unspecified atom stereocenters. The van der Waals surface area contributed by atoms with Gasteiger partial charge in [0.25, 0.3) is 5.91 Å². The van der Waals surface area contributed by atoms with Gasteiger partial charge in [-0.3, -0.25) is 14.4 Å². The normalized spacial score (nSPS) is 10.7. The number of benzene rings is 1. The summed E-state index contributed by atoms with van der Waals surface area (Å²) in [5.41, 5.74) is 1.91. The van der Waals surface area contributed by atoms with E-state index in [1.807, 2.05) is 18.4 Å². The molecule has 0 atom stereocenters. The maximum atomic E-state index is 13.6. The largest absolute Gasteiger partial charge is 0.457 e. The van der Waals surface area contributed by atoms with Gasteiger partial charge in [0.15, 0.2) is 6.61 Å². The lowest BCUT2D eigenvalue weighted by molar-refractivity contribution is -0.142. The molecule has 0 bridgehead atoms. The van der Waals surface area contributed by atoms with Gasteiger partial charge in [0.2, 0.25) is 5.78 Å². The first-order valence-electron chi connectivity index (χ1n) is 9.82. The molecule has 0 aliphatic carbocycles. The minimum atomic E-state index is -0.961. The molecule has 1 heterocycles. The number of halogens is 2. The first kappa shape index (κ1) is 24.2. The zero-order valence-corrected chi connectivity index (χ0v) is 17.8. The molecule has 168 valence electrons. The Bertz CT molecular complexity index is 956. The Morgan fingerprint density at radius 2 is 1.84 bits per heavy atom. The molecule has 0 saturated heterocycles. The van der Waals surface area contributed by atoms with Crippen molar-refractivity contribution >= 4 is 17.7 Å². The Morgan fingerprint density at radius 3 is 2.52 bits per heavy atom. The van der Waals surface area contributed by atoms with Crippen molar-refractivity contribution in [3.63, 3.8) is 0 Å². The molecular weight excluding hydrogens is 410 g/mol. The summed E-state index contributed by atoms with van der Waals surface area (Å²) < 4.78 is 38.5. The van der Waals surface area contributed by atoms with Crippen LogP contribution in [0.5, 0.6) is 0 Å². The molecule has 9 heteroatoms. The maximum Gasteiger partial charge on any atom is 0.306 e. The average molecular weight is 436 g/mol. The van der Waals surface area contributed by atoms with Crippen LogP contribution in [0.1, 0.15) is 44.9 Å². The number of carbonyl (C=O) groups is 3. The van der Waals surface area contributed by atoms with Crippen LogP contribution in [0.25, 0.3) is 0 Å². The molecule has 2 rings (SSSR count). The number of aryl methyl sites for hydroxylation is 1. The van der Waals surface area contributed by atoms with Crippen LogP contribution in [0.15, 0.2) is 24.3 Å². The van der Waals surface area contributed by atoms with Gasteiger partial charge < -0.3 is 19.4 Å². The average Bonchev–Trinajstić information content (AvgIpc) is 3.01. The third-order valence-electron chi connectivity index (χ3n) is 4.78. The second kappa shape index (κ2) is 11.4. The summed E-state index contributed by atoms with van der Waals surface area (Å²) in [6, 6.07) is 4.41. The van der Waals surface area contributed by atoms with Crippen LogP contribution in [0.4, 0.5) is 8.78 Å². The van der Waals surface area contributed by atoms with E-state index in [-0.39, 0.29) is 37.3 Å². The van der Waals surface area contributed by atoms with Crippen molar-refractivity contribution in [2.24, 2.45) is 0 Å². The number of nitrogens with zero attached hydrogens (tertiary/aromatic N) is 1. The molecule has 0 saturated carbocycles. The van der Waals surface area contributed by atoms with E-state index < -0.39 is 23.5 Å².